The van der Waals surface area contributed by atoms with E-state index in [2.05, 4.69) is 22.1 Å². The Morgan fingerprint density at radius 1 is 1.38 bits per heavy atom. The summed E-state index contributed by atoms with van der Waals surface area (Å²) >= 11 is 1.70. The highest BCUT2D eigenvalue weighted by molar-refractivity contribution is 7.22. The second kappa shape index (κ2) is 6.62. The maximum Gasteiger partial charge on any atom is 0.183 e. The number of hydrogen-bond donors (Lipinski definition) is 1. The zero-order valence-corrected chi connectivity index (χ0v) is 13.6. The first-order valence-electron chi connectivity index (χ1n) is 7.65. The molecular weight excluding hydrogens is 282 g/mol. The molecule has 1 N–H and O–H groups in total. The van der Waals surface area contributed by atoms with Gasteiger partial charge in [-0.15, -0.1) is 0 Å². The minimum absolute atomic E-state index is 0.643. The summed E-state index contributed by atoms with van der Waals surface area (Å²) in [6, 6.07) is 6.02. The second-order valence-electron chi connectivity index (χ2n) is 5.85. The Balaban J connectivity index is 1.57. The van der Waals surface area contributed by atoms with Gasteiger partial charge in [0.2, 0.25) is 0 Å². The van der Waals surface area contributed by atoms with Gasteiger partial charge in [-0.2, -0.15) is 0 Å². The van der Waals surface area contributed by atoms with Gasteiger partial charge in [0, 0.05) is 13.1 Å². The first-order valence-corrected chi connectivity index (χ1v) is 8.47. The molecule has 5 heteroatoms. The van der Waals surface area contributed by atoms with Gasteiger partial charge in [-0.1, -0.05) is 18.3 Å². The van der Waals surface area contributed by atoms with Crippen LogP contribution < -0.4 is 10.1 Å². The molecule has 21 heavy (non-hydrogen) atoms. The smallest absolute Gasteiger partial charge is 0.183 e. The molecule has 1 aliphatic rings. The van der Waals surface area contributed by atoms with Gasteiger partial charge in [0.1, 0.15) is 5.75 Å². The summed E-state index contributed by atoms with van der Waals surface area (Å²) in [5.41, 5.74) is 1.04. The van der Waals surface area contributed by atoms with Crippen molar-refractivity contribution in [3.63, 3.8) is 0 Å². The number of methoxy groups -OCH3 is 1. The van der Waals surface area contributed by atoms with E-state index < -0.39 is 0 Å². The number of aromatic nitrogens is 1. The molecule has 3 rings (SSSR count). The molecule has 1 aromatic heterocycles. The SMILES string of the molecule is COc1ccc2nc(NCC(C)CN3CCCC3)sc2c1. The standard InChI is InChI=1S/C16H23N3OS/c1-12(11-19-7-3-4-8-19)10-17-16-18-14-6-5-13(20-2)9-15(14)21-16/h5-6,9,12H,3-4,7-8,10-11H2,1-2H3,(H,17,18). The Bertz CT molecular complexity index is 592. The first-order chi connectivity index (χ1) is 10.2. The third-order valence-electron chi connectivity index (χ3n) is 3.97. The molecule has 2 aromatic rings. The summed E-state index contributed by atoms with van der Waals surface area (Å²) in [4.78, 5) is 7.20. The number of fused-ring (bicyclic) bond motifs is 1. The van der Waals surface area contributed by atoms with E-state index in [1.807, 2.05) is 18.2 Å². The summed E-state index contributed by atoms with van der Waals surface area (Å²) < 4.78 is 6.43. The van der Waals surface area contributed by atoms with Crippen LogP contribution in [0.4, 0.5) is 5.13 Å². The molecule has 114 valence electrons. The van der Waals surface area contributed by atoms with E-state index in [9.17, 15) is 0 Å². The van der Waals surface area contributed by atoms with Gasteiger partial charge in [0.15, 0.2) is 5.13 Å². The molecular formula is C16H23N3OS. The van der Waals surface area contributed by atoms with Gasteiger partial charge in [0.25, 0.3) is 0 Å². The number of anilines is 1. The molecule has 1 unspecified atom stereocenters. The summed E-state index contributed by atoms with van der Waals surface area (Å²) in [5.74, 6) is 1.53. The lowest BCUT2D eigenvalue weighted by atomic mass is 10.2. The minimum atomic E-state index is 0.643. The van der Waals surface area contributed by atoms with Crippen molar-refractivity contribution >= 4 is 26.7 Å². The van der Waals surface area contributed by atoms with Gasteiger partial charge in [-0.25, -0.2) is 4.98 Å². The number of likely N-dealkylation sites (tertiary alicyclic amines) is 1. The summed E-state index contributed by atoms with van der Waals surface area (Å²) in [5, 5.41) is 4.49. The minimum Gasteiger partial charge on any atom is -0.497 e. The number of rotatable bonds is 6. The van der Waals surface area contributed by atoms with Crippen LogP contribution in [-0.2, 0) is 0 Å². The van der Waals surface area contributed by atoms with Gasteiger partial charge < -0.3 is 15.0 Å². The van der Waals surface area contributed by atoms with Crippen molar-refractivity contribution in [1.29, 1.82) is 0 Å². The predicted octanol–water partition coefficient (Wildman–Crippen LogP) is 3.45. The van der Waals surface area contributed by atoms with E-state index in [1.54, 1.807) is 18.4 Å². The van der Waals surface area contributed by atoms with Crippen molar-refractivity contribution in [2.75, 3.05) is 38.6 Å². The maximum absolute atomic E-state index is 5.26. The first kappa shape index (κ1) is 14.6. The molecule has 0 spiro atoms. The fourth-order valence-electron chi connectivity index (χ4n) is 2.84. The summed E-state index contributed by atoms with van der Waals surface area (Å²) in [6.45, 7) is 7.01. The molecule has 1 atom stereocenters. The third-order valence-corrected chi connectivity index (χ3v) is 4.94. The third kappa shape index (κ3) is 3.66. The molecule has 2 heterocycles. The van der Waals surface area contributed by atoms with Crippen LogP contribution in [0.2, 0.25) is 0 Å². The van der Waals surface area contributed by atoms with E-state index in [0.29, 0.717) is 5.92 Å². The fraction of sp³-hybridized carbons (Fsp3) is 0.562. The van der Waals surface area contributed by atoms with Gasteiger partial charge in [0.05, 0.1) is 17.3 Å². The van der Waals surface area contributed by atoms with E-state index in [-0.39, 0.29) is 0 Å². The van der Waals surface area contributed by atoms with Gasteiger partial charge >= 0.3 is 0 Å². The summed E-state index contributed by atoms with van der Waals surface area (Å²) in [7, 11) is 1.70. The molecule has 0 radical (unpaired) electrons. The van der Waals surface area contributed by atoms with E-state index in [4.69, 9.17) is 4.74 Å². The fourth-order valence-corrected chi connectivity index (χ4v) is 3.74. The predicted molar refractivity (Wildman–Crippen MR) is 89.5 cm³/mol. The number of hydrogen-bond acceptors (Lipinski definition) is 5. The number of nitrogens with zero attached hydrogens (tertiary/aromatic N) is 2. The van der Waals surface area contributed by atoms with Crippen LogP contribution in [0.25, 0.3) is 10.2 Å². The zero-order valence-electron chi connectivity index (χ0n) is 12.8. The Morgan fingerprint density at radius 2 is 2.19 bits per heavy atom. The van der Waals surface area contributed by atoms with Crippen LogP contribution in [0.3, 0.4) is 0 Å². The monoisotopic (exact) mass is 305 g/mol. The van der Waals surface area contributed by atoms with Crippen molar-refractivity contribution in [3.8, 4) is 5.75 Å². The Kier molecular flexibility index (Phi) is 4.60. The molecule has 4 nitrogen and oxygen atoms in total. The van der Waals surface area contributed by atoms with Crippen LogP contribution in [0, 0.1) is 5.92 Å². The Labute approximate surface area is 130 Å². The number of ether oxygens (including phenoxy) is 1. The van der Waals surface area contributed by atoms with Crippen molar-refractivity contribution in [3.05, 3.63) is 18.2 Å². The van der Waals surface area contributed by atoms with Crippen LogP contribution in [-0.4, -0.2) is 43.2 Å². The number of benzene rings is 1. The van der Waals surface area contributed by atoms with Crippen molar-refractivity contribution < 1.29 is 4.74 Å². The number of thiazole rings is 1. The normalized spacial score (nSPS) is 17.2. The van der Waals surface area contributed by atoms with Crippen LogP contribution in [0.5, 0.6) is 5.75 Å². The highest BCUT2D eigenvalue weighted by Crippen LogP contribution is 2.29. The average molecular weight is 305 g/mol. The van der Waals surface area contributed by atoms with Crippen molar-refractivity contribution in [2.45, 2.75) is 19.8 Å². The van der Waals surface area contributed by atoms with E-state index in [1.165, 1.54) is 37.2 Å². The largest absolute Gasteiger partial charge is 0.497 e. The summed E-state index contributed by atoms with van der Waals surface area (Å²) in [6.07, 6.45) is 2.72. The molecule has 0 bridgehead atoms. The molecule has 1 fully saturated rings. The maximum atomic E-state index is 5.26. The van der Waals surface area contributed by atoms with E-state index in [0.717, 1.165) is 22.9 Å². The Morgan fingerprint density at radius 3 is 2.95 bits per heavy atom. The second-order valence-corrected chi connectivity index (χ2v) is 6.88. The van der Waals surface area contributed by atoms with Crippen LogP contribution >= 0.6 is 11.3 Å². The average Bonchev–Trinajstić information content (AvgIpc) is 3.12. The quantitative estimate of drug-likeness (QED) is 0.887. The van der Waals surface area contributed by atoms with E-state index >= 15 is 0 Å². The topological polar surface area (TPSA) is 37.4 Å². The highest BCUT2D eigenvalue weighted by Gasteiger charge is 2.14. The molecule has 1 aliphatic heterocycles. The van der Waals surface area contributed by atoms with Crippen LogP contribution in [0.15, 0.2) is 18.2 Å². The van der Waals surface area contributed by atoms with Crippen molar-refractivity contribution in [1.82, 2.24) is 9.88 Å². The van der Waals surface area contributed by atoms with Gasteiger partial charge in [-0.3, -0.25) is 0 Å². The Hall–Kier alpha value is -1.33. The molecule has 0 saturated carbocycles. The van der Waals surface area contributed by atoms with Gasteiger partial charge in [-0.05, 0) is 50.0 Å². The lowest BCUT2D eigenvalue weighted by Crippen LogP contribution is -2.28. The van der Waals surface area contributed by atoms with Crippen molar-refractivity contribution in [2.24, 2.45) is 5.92 Å². The molecule has 1 aromatic carbocycles. The number of nitrogens with one attached hydrogen (secondary N) is 1. The lowest BCUT2D eigenvalue weighted by Gasteiger charge is -2.20. The molecule has 1 saturated heterocycles. The molecule has 0 amide bonds. The van der Waals surface area contributed by atoms with Crippen LogP contribution in [0.1, 0.15) is 19.8 Å². The molecule has 0 aliphatic carbocycles. The highest BCUT2D eigenvalue weighted by atomic mass is 32.1. The zero-order chi connectivity index (χ0) is 14.7. The lowest BCUT2D eigenvalue weighted by molar-refractivity contribution is 0.294.